The lowest BCUT2D eigenvalue weighted by Gasteiger charge is -2.26. The fraction of sp³-hybridized carbons (Fsp3) is 0.250. The summed E-state index contributed by atoms with van der Waals surface area (Å²) < 4.78 is 3.65. The average molecular weight is 657 g/mol. The maximum Gasteiger partial charge on any atom is 0.147 e. The Labute approximate surface area is 291 Å². The van der Waals surface area contributed by atoms with E-state index in [1.807, 2.05) is 11.3 Å². The molecule has 8 aromatic rings. The van der Waals surface area contributed by atoms with E-state index in [4.69, 9.17) is 15.0 Å². The van der Waals surface area contributed by atoms with E-state index in [-0.39, 0.29) is 5.41 Å². The highest BCUT2D eigenvalue weighted by Gasteiger charge is 2.26. The first kappa shape index (κ1) is 30.2. The summed E-state index contributed by atoms with van der Waals surface area (Å²) in [4.78, 5) is 16.8. The number of aryl methyl sites for hydroxylation is 1. The molecule has 0 radical (unpaired) electrons. The van der Waals surface area contributed by atoms with Gasteiger partial charge in [0.1, 0.15) is 10.7 Å². The molecule has 4 nitrogen and oxygen atoms in total. The van der Waals surface area contributed by atoms with Crippen LogP contribution in [0.3, 0.4) is 0 Å². The number of rotatable bonds is 5. The van der Waals surface area contributed by atoms with Crippen LogP contribution >= 0.6 is 11.3 Å². The fourth-order valence-electron chi connectivity index (χ4n) is 7.95. The standard InChI is InChI=1S/C44H40N4S/c1-27-17-20-34-37(45-27)22-23-38-40(34)48(39-24-18-30(26-36(39)44(2,3)4)29-13-6-5-7-14-29)42(47-38)35-16-10-15-32-33-21-19-31(25-28-11-8-9-12-28)46-43(33)49-41(32)35/h5-7,10,13-24,26,28H,8-9,11-12,25H2,1-4H3. The van der Waals surface area contributed by atoms with Gasteiger partial charge in [-0.2, -0.15) is 0 Å². The number of pyridine rings is 2. The molecule has 0 atom stereocenters. The van der Waals surface area contributed by atoms with Gasteiger partial charge in [0, 0.05) is 37.8 Å². The normalized spacial score (nSPS) is 14.2. The summed E-state index contributed by atoms with van der Waals surface area (Å²) in [6.45, 7) is 8.99. The van der Waals surface area contributed by atoms with Crippen molar-refractivity contribution in [2.24, 2.45) is 5.92 Å². The van der Waals surface area contributed by atoms with Crippen molar-refractivity contribution in [1.29, 1.82) is 0 Å². The highest BCUT2D eigenvalue weighted by atomic mass is 32.1. The van der Waals surface area contributed by atoms with Crippen LogP contribution in [0.5, 0.6) is 0 Å². The van der Waals surface area contributed by atoms with E-state index in [1.54, 1.807) is 0 Å². The van der Waals surface area contributed by atoms with Crippen molar-refractivity contribution in [1.82, 2.24) is 19.5 Å². The molecule has 1 aliphatic carbocycles. The Morgan fingerprint density at radius 2 is 1.51 bits per heavy atom. The highest BCUT2D eigenvalue weighted by molar-refractivity contribution is 7.26. The molecule has 4 heterocycles. The quantitative estimate of drug-likeness (QED) is 0.185. The van der Waals surface area contributed by atoms with Gasteiger partial charge in [-0.3, -0.25) is 9.55 Å². The van der Waals surface area contributed by atoms with Crippen molar-refractivity contribution >= 4 is 53.6 Å². The molecule has 1 aliphatic rings. The lowest BCUT2D eigenvalue weighted by molar-refractivity contribution is 0.540. The van der Waals surface area contributed by atoms with Gasteiger partial charge in [0.2, 0.25) is 0 Å². The fourth-order valence-corrected chi connectivity index (χ4v) is 9.15. The third-order valence-electron chi connectivity index (χ3n) is 10.4. The second kappa shape index (κ2) is 11.6. The summed E-state index contributed by atoms with van der Waals surface area (Å²) in [6, 6.07) is 37.5. The van der Waals surface area contributed by atoms with Crippen molar-refractivity contribution < 1.29 is 0 Å². The van der Waals surface area contributed by atoms with Gasteiger partial charge in [-0.1, -0.05) is 95.0 Å². The molecule has 0 saturated heterocycles. The Morgan fingerprint density at radius 1 is 0.714 bits per heavy atom. The second-order valence-corrected chi connectivity index (χ2v) is 15.9. The minimum absolute atomic E-state index is 0.128. The number of fused-ring (bicyclic) bond motifs is 6. The molecule has 4 aromatic carbocycles. The summed E-state index contributed by atoms with van der Waals surface area (Å²) in [5.41, 5.74) is 11.1. The Morgan fingerprint density at radius 3 is 2.33 bits per heavy atom. The Bertz CT molecular complexity index is 2530. The third kappa shape index (κ3) is 5.23. The number of thiophene rings is 1. The Hall–Kier alpha value is -4.87. The lowest BCUT2D eigenvalue weighted by atomic mass is 9.83. The topological polar surface area (TPSA) is 43.6 Å². The first-order valence-electron chi connectivity index (χ1n) is 17.6. The van der Waals surface area contributed by atoms with Crippen LogP contribution in [0.1, 0.15) is 63.4 Å². The summed E-state index contributed by atoms with van der Waals surface area (Å²) >= 11 is 1.81. The van der Waals surface area contributed by atoms with Crippen LogP contribution in [0, 0.1) is 12.8 Å². The molecule has 0 amide bonds. The Balaban J connectivity index is 1.32. The third-order valence-corrected chi connectivity index (χ3v) is 11.6. The van der Waals surface area contributed by atoms with Crippen LogP contribution in [0.4, 0.5) is 0 Å². The van der Waals surface area contributed by atoms with E-state index in [0.29, 0.717) is 0 Å². The van der Waals surface area contributed by atoms with E-state index in [0.717, 1.165) is 61.9 Å². The summed E-state index contributed by atoms with van der Waals surface area (Å²) in [5.74, 6) is 1.72. The van der Waals surface area contributed by atoms with Gasteiger partial charge in [0.25, 0.3) is 0 Å². The Kier molecular flexibility index (Phi) is 7.17. The highest BCUT2D eigenvalue weighted by Crippen LogP contribution is 2.43. The molecule has 0 spiro atoms. The van der Waals surface area contributed by atoms with Crippen molar-refractivity contribution in [2.75, 3.05) is 0 Å². The predicted molar refractivity (Wildman–Crippen MR) is 207 cm³/mol. The second-order valence-electron chi connectivity index (χ2n) is 14.9. The molecular weight excluding hydrogens is 617 g/mol. The lowest BCUT2D eigenvalue weighted by Crippen LogP contribution is -2.16. The molecule has 0 aliphatic heterocycles. The molecule has 5 heteroatoms. The molecule has 0 unspecified atom stereocenters. The minimum Gasteiger partial charge on any atom is -0.291 e. The van der Waals surface area contributed by atoms with Crippen molar-refractivity contribution in [2.45, 2.75) is 65.2 Å². The monoisotopic (exact) mass is 656 g/mol. The molecule has 0 bridgehead atoms. The van der Waals surface area contributed by atoms with Crippen LogP contribution in [0.15, 0.2) is 103 Å². The van der Waals surface area contributed by atoms with Crippen LogP contribution in [-0.2, 0) is 11.8 Å². The summed E-state index contributed by atoms with van der Waals surface area (Å²) in [7, 11) is 0. The molecule has 1 fully saturated rings. The largest absolute Gasteiger partial charge is 0.291 e. The van der Waals surface area contributed by atoms with Crippen molar-refractivity contribution in [3.05, 3.63) is 120 Å². The maximum absolute atomic E-state index is 5.46. The van der Waals surface area contributed by atoms with E-state index in [2.05, 4.69) is 135 Å². The van der Waals surface area contributed by atoms with Gasteiger partial charge in [-0.05, 0) is 96.0 Å². The SMILES string of the molecule is Cc1ccc2c(ccc3nc(-c4cccc5c4sc4nc(CC6CCCC6)ccc45)n(-c4ccc(-c5ccccc5)cc4C(C)(C)C)c32)n1. The number of hydrogen-bond donors (Lipinski definition) is 0. The minimum atomic E-state index is -0.128. The van der Waals surface area contributed by atoms with Crippen molar-refractivity contribution in [3.8, 4) is 28.2 Å². The number of aromatic nitrogens is 4. The van der Waals surface area contributed by atoms with E-state index >= 15 is 0 Å². The van der Waals surface area contributed by atoms with Crippen molar-refractivity contribution in [3.63, 3.8) is 0 Å². The maximum atomic E-state index is 5.46. The van der Waals surface area contributed by atoms with Crippen LogP contribution in [-0.4, -0.2) is 19.5 Å². The van der Waals surface area contributed by atoms with Gasteiger partial charge in [-0.15, -0.1) is 11.3 Å². The van der Waals surface area contributed by atoms with Gasteiger partial charge >= 0.3 is 0 Å². The van der Waals surface area contributed by atoms with E-state index in [1.165, 1.54) is 63.5 Å². The van der Waals surface area contributed by atoms with E-state index in [9.17, 15) is 0 Å². The predicted octanol–water partition coefficient (Wildman–Crippen LogP) is 12.0. The number of benzene rings is 4. The zero-order chi connectivity index (χ0) is 33.3. The number of nitrogens with zero attached hydrogens (tertiary/aromatic N) is 4. The van der Waals surface area contributed by atoms with Gasteiger partial charge in [0.15, 0.2) is 0 Å². The molecule has 0 N–H and O–H groups in total. The molecular formula is C44H40N4S. The smallest absolute Gasteiger partial charge is 0.147 e. The molecule has 4 aromatic heterocycles. The molecule has 49 heavy (non-hydrogen) atoms. The van der Waals surface area contributed by atoms with Gasteiger partial charge in [-0.25, -0.2) is 9.97 Å². The number of hydrogen-bond acceptors (Lipinski definition) is 4. The zero-order valence-electron chi connectivity index (χ0n) is 28.6. The number of imidazole rings is 1. The molecule has 1 saturated carbocycles. The molecule has 242 valence electrons. The van der Waals surface area contributed by atoms with Crippen LogP contribution in [0.25, 0.3) is 70.4 Å². The van der Waals surface area contributed by atoms with E-state index < -0.39 is 0 Å². The van der Waals surface area contributed by atoms with Crippen LogP contribution in [0.2, 0.25) is 0 Å². The summed E-state index contributed by atoms with van der Waals surface area (Å²) in [5, 5.41) is 3.58. The first-order valence-corrected chi connectivity index (χ1v) is 18.4. The van der Waals surface area contributed by atoms with Crippen LogP contribution < -0.4 is 0 Å². The average Bonchev–Trinajstić information content (AvgIpc) is 3.85. The zero-order valence-corrected chi connectivity index (χ0v) is 29.4. The first-order chi connectivity index (χ1) is 23.8. The van der Waals surface area contributed by atoms with Gasteiger partial charge < -0.3 is 0 Å². The van der Waals surface area contributed by atoms with Gasteiger partial charge in [0.05, 0.1) is 22.2 Å². The summed E-state index contributed by atoms with van der Waals surface area (Å²) in [6.07, 6.45) is 6.47. The molecule has 9 rings (SSSR count).